The van der Waals surface area contributed by atoms with Crippen LogP contribution in [0, 0.1) is 0 Å². The molecule has 0 unspecified atom stereocenters. The first-order chi connectivity index (χ1) is 15.5. The Morgan fingerprint density at radius 3 is 2.59 bits per heavy atom. The van der Waals surface area contributed by atoms with Crippen LogP contribution >= 0.6 is 0 Å². The van der Waals surface area contributed by atoms with Crippen molar-refractivity contribution in [1.82, 2.24) is 14.9 Å². The number of aliphatic hydroxyl groups excluding tert-OH is 4. The van der Waals surface area contributed by atoms with Crippen molar-refractivity contribution in [2.75, 3.05) is 38.7 Å². The second-order valence-electron chi connectivity index (χ2n) is 8.18. The molecule has 1 aliphatic rings. The Bertz CT molecular complexity index is 825. The Kier molecular flexibility index (Phi) is 9.19. The van der Waals surface area contributed by atoms with Gasteiger partial charge in [0, 0.05) is 42.8 Å². The highest BCUT2D eigenvalue weighted by molar-refractivity contribution is 5.67. The van der Waals surface area contributed by atoms with Crippen LogP contribution in [0.4, 0.5) is 5.69 Å². The van der Waals surface area contributed by atoms with Crippen molar-refractivity contribution in [2.45, 2.75) is 50.0 Å². The number of nitrogens with zero attached hydrogens (tertiary/aromatic N) is 3. The minimum Gasteiger partial charge on any atom is -0.497 e. The normalized spacial score (nSPS) is 23.8. The Labute approximate surface area is 188 Å². The number of aromatic nitrogens is 2. The van der Waals surface area contributed by atoms with Crippen LogP contribution in [0.3, 0.4) is 0 Å². The molecule has 0 bridgehead atoms. The topological polar surface area (TPSA) is 131 Å². The monoisotopic (exact) mass is 446 g/mol. The van der Waals surface area contributed by atoms with Gasteiger partial charge in [0.05, 0.1) is 37.8 Å². The second-order valence-corrected chi connectivity index (χ2v) is 8.18. The zero-order valence-corrected chi connectivity index (χ0v) is 18.5. The van der Waals surface area contributed by atoms with Crippen molar-refractivity contribution in [2.24, 2.45) is 0 Å². The molecule has 32 heavy (non-hydrogen) atoms. The molecule has 0 saturated carbocycles. The summed E-state index contributed by atoms with van der Waals surface area (Å²) >= 11 is 0. The lowest BCUT2D eigenvalue weighted by Gasteiger charge is -2.43. The maximum atomic E-state index is 10.1. The maximum absolute atomic E-state index is 10.1. The highest BCUT2D eigenvalue weighted by Crippen LogP contribution is 2.27. The Morgan fingerprint density at radius 2 is 1.88 bits per heavy atom. The molecule has 1 aromatic heterocycles. The van der Waals surface area contributed by atoms with E-state index in [0.29, 0.717) is 6.54 Å². The molecule has 176 valence electrons. The fraction of sp³-hybridized carbons (Fsp3) is 0.565. The summed E-state index contributed by atoms with van der Waals surface area (Å²) in [5, 5.41) is 42.7. The average Bonchev–Trinajstić information content (AvgIpc) is 2.82. The van der Waals surface area contributed by atoms with E-state index in [0.717, 1.165) is 54.9 Å². The lowest BCUT2D eigenvalue weighted by Crippen LogP contribution is -2.62. The fourth-order valence-electron chi connectivity index (χ4n) is 4.08. The third-order valence-electron chi connectivity index (χ3n) is 5.92. The molecule has 1 fully saturated rings. The average molecular weight is 447 g/mol. The predicted molar refractivity (Wildman–Crippen MR) is 121 cm³/mol. The van der Waals surface area contributed by atoms with Gasteiger partial charge in [-0.05, 0) is 31.5 Å². The van der Waals surface area contributed by atoms with Gasteiger partial charge in [-0.1, -0.05) is 12.8 Å². The fourth-order valence-corrected chi connectivity index (χ4v) is 4.08. The van der Waals surface area contributed by atoms with Crippen LogP contribution in [0.5, 0.6) is 5.75 Å². The summed E-state index contributed by atoms with van der Waals surface area (Å²) < 4.78 is 5.41. The van der Waals surface area contributed by atoms with E-state index in [2.05, 4.69) is 15.3 Å². The third-order valence-corrected chi connectivity index (χ3v) is 5.92. The molecule has 0 radical (unpaired) electrons. The van der Waals surface area contributed by atoms with Gasteiger partial charge >= 0.3 is 0 Å². The highest BCUT2D eigenvalue weighted by Gasteiger charge is 2.40. The molecule has 1 aromatic carbocycles. The summed E-state index contributed by atoms with van der Waals surface area (Å²) in [5.41, 5.74) is 2.69. The van der Waals surface area contributed by atoms with E-state index >= 15 is 0 Å². The van der Waals surface area contributed by atoms with Crippen molar-refractivity contribution in [3.8, 4) is 17.0 Å². The molecule has 1 aliphatic heterocycles. The van der Waals surface area contributed by atoms with E-state index in [1.165, 1.54) is 0 Å². The van der Waals surface area contributed by atoms with Gasteiger partial charge < -0.3 is 30.5 Å². The lowest BCUT2D eigenvalue weighted by atomic mass is 9.94. The molecular formula is C23H34N4O5. The summed E-state index contributed by atoms with van der Waals surface area (Å²) in [6.07, 6.45) is 5.60. The zero-order valence-electron chi connectivity index (χ0n) is 18.5. The molecule has 3 rings (SSSR count). The van der Waals surface area contributed by atoms with Crippen molar-refractivity contribution >= 4 is 5.69 Å². The van der Waals surface area contributed by atoms with E-state index in [9.17, 15) is 20.4 Å². The van der Waals surface area contributed by atoms with E-state index in [1.807, 2.05) is 23.1 Å². The summed E-state index contributed by atoms with van der Waals surface area (Å²) in [6, 6.07) is 5.38. The first-order valence-electron chi connectivity index (χ1n) is 11.1. The smallest absolute Gasteiger partial charge is 0.121 e. The predicted octanol–water partition coefficient (Wildman–Crippen LogP) is 0.884. The molecule has 0 aliphatic carbocycles. The van der Waals surface area contributed by atoms with Crippen LogP contribution < -0.4 is 10.1 Å². The highest BCUT2D eigenvalue weighted by atomic mass is 16.5. The largest absolute Gasteiger partial charge is 0.497 e. The maximum Gasteiger partial charge on any atom is 0.121 e. The van der Waals surface area contributed by atoms with Gasteiger partial charge in [0.25, 0.3) is 0 Å². The van der Waals surface area contributed by atoms with Crippen LogP contribution in [0.15, 0.2) is 36.8 Å². The molecule has 0 spiro atoms. The number of likely N-dealkylation sites (tertiary alicyclic amines) is 1. The van der Waals surface area contributed by atoms with Crippen LogP contribution in [0.2, 0.25) is 0 Å². The van der Waals surface area contributed by atoms with Crippen molar-refractivity contribution in [3.05, 3.63) is 36.8 Å². The standard InChI is InChI=1S/C23H34N4O5/c1-32-18-11-16(19-13-24-7-8-26-19)10-17(12-18)25-6-4-2-3-5-9-27-14-21(29)23(31)22(30)20(27)15-28/h7-8,10-13,20-23,25,28-31H,2-6,9,14-15H2,1H3/t20-,21+,22-,23-/m1/s1. The summed E-state index contributed by atoms with van der Waals surface area (Å²) in [6.45, 7) is 1.50. The molecule has 9 nitrogen and oxygen atoms in total. The number of ether oxygens (including phenoxy) is 1. The molecule has 9 heteroatoms. The second kappa shape index (κ2) is 12.1. The number of piperidine rings is 1. The van der Waals surface area contributed by atoms with E-state index in [-0.39, 0.29) is 13.2 Å². The molecule has 2 aromatic rings. The van der Waals surface area contributed by atoms with E-state index < -0.39 is 24.4 Å². The first kappa shape index (κ1) is 24.3. The SMILES string of the molecule is COc1cc(NCCCCCCN2C[C@H](O)[C@@H](O)[C@H](O)[C@H]2CO)cc(-c2cnccn2)c1. The first-order valence-corrected chi connectivity index (χ1v) is 11.1. The van der Waals surface area contributed by atoms with Crippen LogP contribution in [0.25, 0.3) is 11.3 Å². The summed E-state index contributed by atoms with van der Waals surface area (Å²) in [7, 11) is 1.64. The van der Waals surface area contributed by atoms with Crippen molar-refractivity contribution < 1.29 is 25.2 Å². The number of anilines is 1. The number of aliphatic hydroxyl groups is 4. The molecule has 2 heterocycles. The Hall–Kier alpha value is -2.30. The van der Waals surface area contributed by atoms with Crippen molar-refractivity contribution in [3.63, 3.8) is 0 Å². The summed E-state index contributed by atoms with van der Waals surface area (Å²) in [4.78, 5) is 10.3. The van der Waals surface area contributed by atoms with Gasteiger partial charge in [0.15, 0.2) is 0 Å². The summed E-state index contributed by atoms with van der Waals surface area (Å²) in [5.74, 6) is 0.755. The number of benzene rings is 1. The van der Waals surface area contributed by atoms with E-state index in [1.54, 1.807) is 25.7 Å². The minimum atomic E-state index is -1.21. The quantitative estimate of drug-likeness (QED) is 0.319. The molecule has 1 saturated heterocycles. The van der Waals surface area contributed by atoms with Gasteiger partial charge in [-0.2, -0.15) is 0 Å². The minimum absolute atomic E-state index is 0.244. The third kappa shape index (κ3) is 6.36. The van der Waals surface area contributed by atoms with Gasteiger partial charge in [-0.3, -0.25) is 14.9 Å². The zero-order chi connectivity index (χ0) is 22.9. The molecule has 5 N–H and O–H groups in total. The number of unbranched alkanes of at least 4 members (excludes halogenated alkanes) is 3. The van der Waals surface area contributed by atoms with Gasteiger partial charge in [-0.15, -0.1) is 0 Å². The number of nitrogens with one attached hydrogen (secondary N) is 1. The number of β-amino-alcohol motifs (C(OH)–C–C–N with tert-alkyl or cyclic N) is 1. The Morgan fingerprint density at radius 1 is 1.06 bits per heavy atom. The Balaban J connectivity index is 1.40. The van der Waals surface area contributed by atoms with Crippen LogP contribution in [0.1, 0.15) is 25.7 Å². The molecular weight excluding hydrogens is 412 g/mol. The lowest BCUT2D eigenvalue weighted by molar-refractivity contribution is -0.145. The van der Waals surface area contributed by atoms with Crippen molar-refractivity contribution in [1.29, 1.82) is 0 Å². The van der Waals surface area contributed by atoms with Crippen LogP contribution in [-0.4, -0.2) is 93.0 Å². The van der Waals surface area contributed by atoms with Crippen LogP contribution in [-0.2, 0) is 0 Å². The van der Waals surface area contributed by atoms with Gasteiger partial charge in [-0.25, -0.2) is 0 Å². The molecule has 4 atom stereocenters. The molecule has 0 amide bonds. The number of hydrogen-bond donors (Lipinski definition) is 5. The van der Waals surface area contributed by atoms with E-state index in [4.69, 9.17) is 4.74 Å². The van der Waals surface area contributed by atoms with Gasteiger partial charge in [0.2, 0.25) is 0 Å². The number of methoxy groups -OCH3 is 1. The number of hydrogen-bond acceptors (Lipinski definition) is 9. The number of rotatable bonds is 11. The van der Waals surface area contributed by atoms with Gasteiger partial charge in [0.1, 0.15) is 18.0 Å².